The standard InChI is InChI=1S/C13H16N2O4/c14-9-5-4-8(13(17)18)7-11(9)19-10-3-1-2-6-15-12(10)16/h4-5,7,10H,1-3,6,14H2,(H,15,16)(H,17,18). The Hall–Kier alpha value is -2.24. The number of anilines is 1. The third-order valence-electron chi connectivity index (χ3n) is 3.01. The van der Waals surface area contributed by atoms with Gasteiger partial charge >= 0.3 is 5.97 Å². The number of carbonyl (C=O) groups is 2. The second-order valence-electron chi connectivity index (χ2n) is 4.45. The molecule has 102 valence electrons. The van der Waals surface area contributed by atoms with E-state index in [1.165, 1.54) is 18.2 Å². The van der Waals surface area contributed by atoms with Gasteiger partial charge in [-0.3, -0.25) is 4.79 Å². The van der Waals surface area contributed by atoms with Crippen molar-refractivity contribution in [2.24, 2.45) is 0 Å². The Morgan fingerprint density at radius 1 is 1.42 bits per heavy atom. The third kappa shape index (κ3) is 3.15. The van der Waals surface area contributed by atoms with E-state index in [0.29, 0.717) is 18.7 Å². The summed E-state index contributed by atoms with van der Waals surface area (Å²) >= 11 is 0. The van der Waals surface area contributed by atoms with E-state index < -0.39 is 12.1 Å². The predicted molar refractivity (Wildman–Crippen MR) is 69.1 cm³/mol. The largest absolute Gasteiger partial charge is 0.478 e. The maximum absolute atomic E-state index is 11.8. The molecule has 19 heavy (non-hydrogen) atoms. The molecule has 0 spiro atoms. The quantitative estimate of drug-likeness (QED) is 0.707. The van der Waals surface area contributed by atoms with Crippen LogP contribution in [-0.4, -0.2) is 29.6 Å². The highest BCUT2D eigenvalue weighted by molar-refractivity contribution is 5.89. The summed E-state index contributed by atoms with van der Waals surface area (Å²) in [6.45, 7) is 0.642. The van der Waals surface area contributed by atoms with Gasteiger partial charge in [0.1, 0.15) is 5.75 Å². The molecular formula is C13H16N2O4. The number of ether oxygens (including phenoxy) is 1. The van der Waals surface area contributed by atoms with Crippen LogP contribution in [0.3, 0.4) is 0 Å². The number of nitrogens with two attached hydrogens (primary N) is 1. The fraction of sp³-hybridized carbons (Fsp3) is 0.385. The van der Waals surface area contributed by atoms with Crippen LogP contribution in [0.25, 0.3) is 0 Å². The molecule has 1 aromatic rings. The Labute approximate surface area is 110 Å². The zero-order chi connectivity index (χ0) is 13.8. The Bertz CT molecular complexity index is 501. The van der Waals surface area contributed by atoms with E-state index >= 15 is 0 Å². The van der Waals surface area contributed by atoms with Gasteiger partial charge in [0, 0.05) is 6.54 Å². The Morgan fingerprint density at radius 2 is 2.21 bits per heavy atom. The van der Waals surface area contributed by atoms with Crippen LogP contribution in [-0.2, 0) is 4.79 Å². The van der Waals surface area contributed by atoms with Crippen LogP contribution >= 0.6 is 0 Å². The summed E-state index contributed by atoms with van der Waals surface area (Å²) in [4.78, 5) is 22.7. The van der Waals surface area contributed by atoms with Crippen LogP contribution in [0.15, 0.2) is 18.2 Å². The van der Waals surface area contributed by atoms with Crippen molar-refractivity contribution in [3.8, 4) is 5.75 Å². The summed E-state index contributed by atoms with van der Waals surface area (Å²) in [5.74, 6) is -1.00. The van der Waals surface area contributed by atoms with Gasteiger partial charge in [-0.2, -0.15) is 0 Å². The molecule has 1 amide bonds. The van der Waals surface area contributed by atoms with Crippen LogP contribution in [0.1, 0.15) is 29.6 Å². The lowest BCUT2D eigenvalue weighted by molar-refractivity contribution is -0.127. The first kappa shape index (κ1) is 13.2. The highest BCUT2D eigenvalue weighted by atomic mass is 16.5. The molecule has 0 aromatic heterocycles. The summed E-state index contributed by atoms with van der Waals surface area (Å²) in [5.41, 5.74) is 6.14. The second kappa shape index (κ2) is 5.60. The molecule has 1 saturated heterocycles. The number of benzene rings is 1. The van der Waals surface area contributed by atoms with Gasteiger partial charge in [-0.1, -0.05) is 0 Å². The lowest BCUT2D eigenvalue weighted by Crippen LogP contribution is -2.36. The fourth-order valence-corrected chi connectivity index (χ4v) is 1.95. The van der Waals surface area contributed by atoms with E-state index in [9.17, 15) is 9.59 Å². The monoisotopic (exact) mass is 264 g/mol. The molecule has 1 aromatic carbocycles. The van der Waals surface area contributed by atoms with Gasteiger partial charge in [-0.05, 0) is 37.5 Å². The smallest absolute Gasteiger partial charge is 0.335 e. The molecule has 1 fully saturated rings. The first-order chi connectivity index (χ1) is 9.08. The van der Waals surface area contributed by atoms with Crippen molar-refractivity contribution in [2.75, 3.05) is 12.3 Å². The molecule has 1 aliphatic rings. The van der Waals surface area contributed by atoms with Gasteiger partial charge < -0.3 is 20.9 Å². The average molecular weight is 264 g/mol. The van der Waals surface area contributed by atoms with Crippen LogP contribution in [0, 0.1) is 0 Å². The van der Waals surface area contributed by atoms with E-state index in [1.54, 1.807) is 0 Å². The lowest BCUT2D eigenvalue weighted by Gasteiger charge is -2.17. The molecule has 2 rings (SSSR count). The SMILES string of the molecule is Nc1ccc(C(=O)O)cc1OC1CCCCNC1=O. The Morgan fingerprint density at radius 3 is 2.95 bits per heavy atom. The van der Waals surface area contributed by atoms with E-state index in [0.717, 1.165) is 12.8 Å². The number of nitrogens with one attached hydrogen (secondary N) is 1. The lowest BCUT2D eigenvalue weighted by atomic mass is 10.1. The van der Waals surface area contributed by atoms with Crippen molar-refractivity contribution in [1.29, 1.82) is 0 Å². The zero-order valence-corrected chi connectivity index (χ0v) is 10.4. The molecule has 4 N–H and O–H groups in total. The van der Waals surface area contributed by atoms with Crippen LogP contribution in [0.4, 0.5) is 5.69 Å². The molecule has 0 aliphatic carbocycles. The highest BCUT2D eigenvalue weighted by Gasteiger charge is 2.23. The number of carboxylic acids is 1. The van der Waals surface area contributed by atoms with Gasteiger partial charge in [0.15, 0.2) is 6.10 Å². The van der Waals surface area contributed by atoms with E-state index in [-0.39, 0.29) is 17.2 Å². The number of aromatic carboxylic acids is 1. The Kier molecular flexibility index (Phi) is 3.89. The number of hydrogen-bond donors (Lipinski definition) is 3. The minimum Gasteiger partial charge on any atom is -0.478 e. The summed E-state index contributed by atoms with van der Waals surface area (Å²) in [6.07, 6.45) is 1.77. The fourth-order valence-electron chi connectivity index (χ4n) is 1.95. The van der Waals surface area contributed by atoms with Crippen LogP contribution in [0.2, 0.25) is 0 Å². The molecular weight excluding hydrogens is 248 g/mol. The number of hydrogen-bond acceptors (Lipinski definition) is 4. The van der Waals surface area contributed by atoms with E-state index in [1.807, 2.05) is 0 Å². The maximum Gasteiger partial charge on any atom is 0.335 e. The average Bonchev–Trinajstić information content (AvgIpc) is 2.57. The van der Waals surface area contributed by atoms with Crippen molar-refractivity contribution in [2.45, 2.75) is 25.4 Å². The number of nitrogen functional groups attached to an aromatic ring is 1. The number of rotatable bonds is 3. The summed E-state index contributed by atoms with van der Waals surface area (Å²) in [5, 5.41) is 11.7. The molecule has 0 radical (unpaired) electrons. The molecule has 6 heteroatoms. The maximum atomic E-state index is 11.8. The topological polar surface area (TPSA) is 102 Å². The van der Waals surface area contributed by atoms with Crippen molar-refractivity contribution < 1.29 is 19.4 Å². The van der Waals surface area contributed by atoms with Crippen molar-refractivity contribution >= 4 is 17.6 Å². The number of amides is 1. The van der Waals surface area contributed by atoms with Crippen molar-refractivity contribution in [3.63, 3.8) is 0 Å². The minimum atomic E-state index is -1.06. The minimum absolute atomic E-state index is 0.0817. The normalized spacial score (nSPS) is 19.4. The molecule has 1 aliphatic heterocycles. The van der Waals surface area contributed by atoms with E-state index in [2.05, 4.69) is 5.32 Å². The molecule has 1 heterocycles. The summed E-state index contributed by atoms with van der Waals surface area (Å²) in [6, 6.07) is 4.21. The first-order valence-electron chi connectivity index (χ1n) is 6.15. The van der Waals surface area contributed by atoms with Crippen LogP contribution in [0.5, 0.6) is 5.75 Å². The zero-order valence-electron chi connectivity index (χ0n) is 10.4. The molecule has 0 saturated carbocycles. The van der Waals surface area contributed by atoms with Gasteiger partial charge in [0.2, 0.25) is 0 Å². The van der Waals surface area contributed by atoms with Gasteiger partial charge in [-0.15, -0.1) is 0 Å². The second-order valence-corrected chi connectivity index (χ2v) is 4.45. The van der Waals surface area contributed by atoms with Crippen molar-refractivity contribution in [1.82, 2.24) is 5.32 Å². The predicted octanol–water partition coefficient (Wildman–Crippen LogP) is 1.01. The van der Waals surface area contributed by atoms with Crippen LogP contribution < -0.4 is 15.8 Å². The molecule has 1 unspecified atom stereocenters. The molecule has 6 nitrogen and oxygen atoms in total. The highest BCUT2D eigenvalue weighted by Crippen LogP contribution is 2.25. The summed E-state index contributed by atoms with van der Waals surface area (Å²) < 4.78 is 5.57. The van der Waals surface area contributed by atoms with Gasteiger partial charge in [-0.25, -0.2) is 4.79 Å². The molecule has 0 bridgehead atoms. The third-order valence-corrected chi connectivity index (χ3v) is 3.01. The summed E-state index contributed by atoms with van der Waals surface area (Å²) in [7, 11) is 0. The van der Waals surface area contributed by atoms with Gasteiger partial charge in [0.05, 0.1) is 11.3 Å². The van der Waals surface area contributed by atoms with Crippen molar-refractivity contribution in [3.05, 3.63) is 23.8 Å². The number of carboxylic acid groups (broad SMARTS) is 1. The first-order valence-corrected chi connectivity index (χ1v) is 6.15. The Balaban J connectivity index is 2.19. The number of carbonyl (C=O) groups excluding carboxylic acids is 1. The molecule has 1 atom stereocenters. The van der Waals surface area contributed by atoms with E-state index in [4.69, 9.17) is 15.6 Å². The van der Waals surface area contributed by atoms with Gasteiger partial charge in [0.25, 0.3) is 5.91 Å².